The van der Waals surface area contributed by atoms with Gasteiger partial charge in [0.15, 0.2) is 0 Å². The molecule has 2 aromatic rings. The summed E-state index contributed by atoms with van der Waals surface area (Å²) in [6, 6.07) is 13.1. The Bertz CT molecular complexity index is 720. The van der Waals surface area contributed by atoms with Crippen molar-refractivity contribution in [2.24, 2.45) is 5.73 Å². The Kier molecular flexibility index (Phi) is 7.12. The maximum atomic E-state index is 13.3. The average molecular weight is 388 g/mol. The van der Waals surface area contributed by atoms with Gasteiger partial charge in [0.2, 0.25) is 5.91 Å². The van der Waals surface area contributed by atoms with Crippen LogP contribution in [0.5, 0.6) is 0 Å². The van der Waals surface area contributed by atoms with Gasteiger partial charge < -0.3 is 15.4 Å². The zero-order valence-corrected chi connectivity index (χ0v) is 15.8. The van der Waals surface area contributed by atoms with E-state index >= 15 is 0 Å². The predicted octanol–water partition coefficient (Wildman–Crippen LogP) is 3.45. The lowest BCUT2D eigenvalue weighted by molar-refractivity contribution is -0.124. The first-order valence-corrected chi connectivity index (χ1v) is 9.64. The molecule has 0 aliphatic carbocycles. The van der Waals surface area contributed by atoms with E-state index in [1.807, 2.05) is 0 Å². The van der Waals surface area contributed by atoms with Gasteiger partial charge >= 0.3 is 0 Å². The molecule has 1 aliphatic heterocycles. The summed E-state index contributed by atoms with van der Waals surface area (Å²) < 4.78 is 32.1. The number of primary amides is 1. The van der Waals surface area contributed by atoms with Gasteiger partial charge in [-0.05, 0) is 61.2 Å². The smallest absolute Gasteiger partial charge is 0.243 e. The Morgan fingerprint density at radius 3 is 2.18 bits per heavy atom. The predicted molar refractivity (Wildman–Crippen MR) is 104 cm³/mol. The highest BCUT2D eigenvalue weighted by molar-refractivity contribution is 5.75. The van der Waals surface area contributed by atoms with Gasteiger partial charge in [-0.2, -0.15) is 0 Å². The Morgan fingerprint density at radius 1 is 1.07 bits per heavy atom. The summed E-state index contributed by atoms with van der Waals surface area (Å²) >= 11 is 0. The Balaban J connectivity index is 1.57. The van der Waals surface area contributed by atoms with Crippen molar-refractivity contribution in [1.82, 2.24) is 4.90 Å². The fourth-order valence-corrected chi connectivity index (χ4v) is 3.77. The summed E-state index contributed by atoms with van der Waals surface area (Å²) in [5.41, 5.74) is 7.17. The van der Waals surface area contributed by atoms with E-state index in [1.54, 1.807) is 24.3 Å². The first kappa shape index (κ1) is 20.4. The van der Waals surface area contributed by atoms with Crippen LogP contribution in [0.25, 0.3) is 0 Å². The van der Waals surface area contributed by atoms with Crippen molar-refractivity contribution in [2.45, 2.75) is 31.3 Å². The number of nitrogens with two attached hydrogens (primary N) is 1. The number of nitrogens with zero attached hydrogens (tertiary/aromatic N) is 1. The van der Waals surface area contributed by atoms with Crippen LogP contribution < -0.4 is 5.73 Å². The van der Waals surface area contributed by atoms with Gasteiger partial charge in [0.25, 0.3) is 0 Å². The number of likely N-dealkylation sites (tertiary alicyclic amines) is 1. The second-order valence-electron chi connectivity index (χ2n) is 7.29. The van der Waals surface area contributed by atoms with Gasteiger partial charge in [-0.15, -0.1) is 0 Å². The molecule has 1 saturated heterocycles. The van der Waals surface area contributed by atoms with Crippen molar-refractivity contribution in [3.05, 3.63) is 71.3 Å². The SMILES string of the molecule is NC(=O)COC1CCN(CCCC(c2ccc(F)cc2)c2ccc(F)cc2)C1. The van der Waals surface area contributed by atoms with Gasteiger partial charge in [0, 0.05) is 19.0 Å². The molecule has 1 heterocycles. The van der Waals surface area contributed by atoms with Crippen LogP contribution in [0.2, 0.25) is 0 Å². The fraction of sp³-hybridized carbons (Fsp3) is 0.409. The van der Waals surface area contributed by atoms with Gasteiger partial charge in [0.1, 0.15) is 18.2 Å². The fourth-order valence-electron chi connectivity index (χ4n) is 3.77. The first-order valence-electron chi connectivity index (χ1n) is 9.64. The molecular formula is C22H26F2N2O2. The average Bonchev–Trinajstić information content (AvgIpc) is 3.13. The normalized spacial score (nSPS) is 17.3. The number of hydrogen-bond donors (Lipinski definition) is 1. The van der Waals surface area contributed by atoms with Crippen molar-refractivity contribution in [3.63, 3.8) is 0 Å². The van der Waals surface area contributed by atoms with Crippen molar-refractivity contribution < 1.29 is 18.3 Å². The van der Waals surface area contributed by atoms with Crippen LogP contribution in [-0.4, -0.2) is 43.2 Å². The molecular weight excluding hydrogens is 362 g/mol. The number of benzene rings is 2. The van der Waals surface area contributed by atoms with Crippen molar-refractivity contribution in [2.75, 3.05) is 26.2 Å². The minimum absolute atomic E-state index is 0.0320. The third-order valence-electron chi connectivity index (χ3n) is 5.20. The topological polar surface area (TPSA) is 55.6 Å². The minimum atomic E-state index is -0.445. The molecule has 0 saturated carbocycles. The quantitative estimate of drug-likeness (QED) is 0.716. The lowest BCUT2D eigenvalue weighted by atomic mass is 9.87. The van der Waals surface area contributed by atoms with E-state index in [9.17, 15) is 13.6 Å². The maximum Gasteiger partial charge on any atom is 0.243 e. The largest absolute Gasteiger partial charge is 0.368 e. The monoisotopic (exact) mass is 388 g/mol. The standard InChI is InChI=1S/C22H26F2N2O2/c23-18-7-3-16(4-8-18)21(17-5-9-19(24)10-6-17)2-1-12-26-13-11-20(14-26)28-15-22(25)27/h3-10,20-21H,1-2,11-15H2,(H2,25,27). The van der Waals surface area contributed by atoms with E-state index in [-0.39, 0.29) is 30.3 Å². The zero-order valence-electron chi connectivity index (χ0n) is 15.8. The Labute approximate surface area is 164 Å². The number of halogens is 2. The van der Waals surface area contributed by atoms with Crippen LogP contribution in [0.4, 0.5) is 8.78 Å². The molecule has 0 aromatic heterocycles. The van der Waals surface area contributed by atoms with Crippen LogP contribution in [0.3, 0.4) is 0 Å². The maximum absolute atomic E-state index is 13.3. The van der Waals surface area contributed by atoms with Crippen LogP contribution in [-0.2, 0) is 9.53 Å². The molecule has 0 spiro atoms. The molecule has 1 atom stereocenters. The van der Waals surface area contributed by atoms with E-state index in [0.29, 0.717) is 0 Å². The summed E-state index contributed by atoms with van der Waals surface area (Å²) in [6.07, 6.45) is 2.77. The molecule has 1 unspecified atom stereocenters. The lowest BCUT2D eigenvalue weighted by Gasteiger charge is -2.21. The molecule has 2 aromatic carbocycles. The molecule has 1 aliphatic rings. The van der Waals surface area contributed by atoms with Gasteiger partial charge in [-0.1, -0.05) is 24.3 Å². The third kappa shape index (κ3) is 5.84. The van der Waals surface area contributed by atoms with Crippen LogP contribution in [0.15, 0.2) is 48.5 Å². The van der Waals surface area contributed by atoms with Crippen LogP contribution >= 0.6 is 0 Å². The molecule has 28 heavy (non-hydrogen) atoms. The second-order valence-corrected chi connectivity index (χ2v) is 7.29. The van der Waals surface area contributed by atoms with Crippen molar-refractivity contribution in [1.29, 1.82) is 0 Å². The number of carbonyl (C=O) groups excluding carboxylic acids is 1. The second kappa shape index (κ2) is 9.75. The molecule has 0 bridgehead atoms. The third-order valence-corrected chi connectivity index (χ3v) is 5.20. The number of carbonyl (C=O) groups is 1. The van der Waals surface area contributed by atoms with E-state index < -0.39 is 5.91 Å². The molecule has 1 fully saturated rings. The highest BCUT2D eigenvalue weighted by Crippen LogP contribution is 2.30. The zero-order chi connectivity index (χ0) is 19.9. The van der Waals surface area contributed by atoms with Gasteiger partial charge in [-0.25, -0.2) is 8.78 Å². The Morgan fingerprint density at radius 2 is 1.64 bits per heavy atom. The number of hydrogen-bond acceptors (Lipinski definition) is 3. The van der Waals surface area contributed by atoms with Crippen LogP contribution in [0, 0.1) is 11.6 Å². The summed E-state index contributed by atoms with van der Waals surface area (Å²) in [5.74, 6) is -0.882. The molecule has 2 N–H and O–H groups in total. The highest BCUT2D eigenvalue weighted by atomic mass is 19.1. The molecule has 150 valence electrons. The number of rotatable bonds is 9. The van der Waals surface area contributed by atoms with Gasteiger partial charge in [0.05, 0.1) is 6.10 Å². The lowest BCUT2D eigenvalue weighted by Crippen LogP contribution is -2.27. The summed E-state index contributed by atoms with van der Waals surface area (Å²) in [4.78, 5) is 13.2. The summed E-state index contributed by atoms with van der Waals surface area (Å²) in [7, 11) is 0. The van der Waals surface area contributed by atoms with Crippen molar-refractivity contribution in [3.8, 4) is 0 Å². The Hall–Kier alpha value is -2.31. The molecule has 0 radical (unpaired) electrons. The minimum Gasteiger partial charge on any atom is -0.368 e. The van der Waals surface area contributed by atoms with E-state index in [0.717, 1.165) is 50.0 Å². The number of amides is 1. The van der Waals surface area contributed by atoms with E-state index in [2.05, 4.69) is 4.90 Å². The van der Waals surface area contributed by atoms with E-state index in [4.69, 9.17) is 10.5 Å². The molecule has 6 heteroatoms. The van der Waals surface area contributed by atoms with Crippen LogP contribution in [0.1, 0.15) is 36.3 Å². The highest BCUT2D eigenvalue weighted by Gasteiger charge is 2.23. The van der Waals surface area contributed by atoms with E-state index in [1.165, 1.54) is 24.3 Å². The summed E-state index contributed by atoms with van der Waals surface area (Å²) in [5, 5.41) is 0. The molecule has 4 nitrogen and oxygen atoms in total. The van der Waals surface area contributed by atoms with Gasteiger partial charge in [-0.3, -0.25) is 4.79 Å². The molecule has 3 rings (SSSR count). The molecule has 1 amide bonds. The van der Waals surface area contributed by atoms with Crippen molar-refractivity contribution >= 4 is 5.91 Å². The number of ether oxygens (including phenoxy) is 1. The first-order chi connectivity index (χ1) is 13.5. The summed E-state index contributed by atoms with van der Waals surface area (Å²) in [6.45, 7) is 2.61.